The van der Waals surface area contributed by atoms with Gasteiger partial charge < -0.3 is 0 Å². The average Bonchev–Trinajstić information content (AvgIpc) is 2.97. The Morgan fingerprint density at radius 2 is 0.806 bits per heavy atom. The topological polar surface area (TPSA) is 71.4 Å². The van der Waals surface area contributed by atoms with Crippen LogP contribution in [0.15, 0.2) is 115 Å². The molecule has 0 bridgehead atoms. The highest BCUT2D eigenvalue weighted by atomic mass is 14.3. The molecule has 5 aromatic carbocycles. The second kappa shape index (κ2) is 9.82. The number of hydrogen-bond donors (Lipinski definition) is 0. The summed E-state index contributed by atoms with van der Waals surface area (Å²) in [5, 5.41) is 29.4. The summed E-state index contributed by atoms with van der Waals surface area (Å²) in [5.74, 6) is 0. The summed E-state index contributed by atoms with van der Waals surface area (Å²) in [4.78, 5) is 0. The summed E-state index contributed by atoms with van der Waals surface area (Å²) in [7, 11) is 0. The fraction of sp³-hybridized carbons (Fsp3) is 0. The molecule has 3 heteroatoms. The molecule has 5 rings (SSSR count). The number of benzene rings is 5. The van der Waals surface area contributed by atoms with Crippen molar-refractivity contribution in [3.05, 3.63) is 132 Å². The molecule has 0 saturated heterocycles. The van der Waals surface area contributed by atoms with Gasteiger partial charge in [-0.1, -0.05) is 84.9 Å². The van der Waals surface area contributed by atoms with Crippen molar-refractivity contribution in [3.8, 4) is 62.7 Å². The first-order valence-electron chi connectivity index (χ1n) is 11.5. The van der Waals surface area contributed by atoms with Gasteiger partial charge in [0.25, 0.3) is 0 Å². The summed E-state index contributed by atoms with van der Waals surface area (Å²) < 4.78 is 0. The first-order valence-corrected chi connectivity index (χ1v) is 11.5. The van der Waals surface area contributed by atoms with E-state index in [1.165, 1.54) is 0 Å². The van der Waals surface area contributed by atoms with E-state index in [0.29, 0.717) is 16.7 Å². The molecule has 0 unspecified atom stereocenters. The molecule has 0 fully saturated rings. The van der Waals surface area contributed by atoms with Gasteiger partial charge in [-0.2, -0.15) is 15.8 Å². The predicted octanol–water partition coefficient (Wildman–Crippen LogP) is 7.97. The van der Waals surface area contributed by atoms with Crippen LogP contribution in [0.3, 0.4) is 0 Å². The van der Waals surface area contributed by atoms with Crippen LogP contribution in [-0.2, 0) is 0 Å². The summed E-state index contributed by atoms with van der Waals surface area (Å²) in [6.45, 7) is 0. The third-order valence-corrected chi connectivity index (χ3v) is 6.18. The summed E-state index contributed by atoms with van der Waals surface area (Å²) >= 11 is 0. The Hall–Kier alpha value is -5.43. The monoisotopic (exact) mass is 457 g/mol. The van der Waals surface area contributed by atoms with E-state index in [1.807, 2.05) is 115 Å². The molecule has 0 aromatic heterocycles. The predicted molar refractivity (Wildman–Crippen MR) is 142 cm³/mol. The van der Waals surface area contributed by atoms with E-state index in [0.717, 1.165) is 44.5 Å². The van der Waals surface area contributed by atoms with Gasteiger partial charge in [0.1, 0.15) is 0 Å². The molecule has 0 aliphatic heterocycles. The van der Waals surface area contributed by atoms with Crippen LogP contribution in [0.2, 0.25) is 0 Å². The molecule has 0 radical (unpaired) electrons. The van der Waals surface area contributed by atoms with Crippen molar-refractivity contribution in [2.75, 3.05) is 0 Å². The molecule has 5 aromatic rings. The lowest BCUT2D eigenvalue weighted by molar-refractivity contribution is 1.45. The van der Waals surface area contributed by atoms with Crippen molar-refractivity contribution in [2.45, 2.75) is 0 Å². The zero-order valence-electron chi connectivity index (χ0n) is 19.3. The molecule has 0 spiro atoms. The summed E-state index contributed by atoms with van der Waals surface area (Å²) in [5.41, 5.74) is 8.74. The Bertz CT molecular complexity index is 1580. The van der Waals surface area contributed by atoms with Crippen molar-refractivity contribution in [1.82, 2.24) is 0 Å². The Kier molecular flexibility index (Phi) is 6.10. The van der Waals surface area contributed by atoms with Crippen LogP contribution in [-0.4, -0.2) is 0 Å². The van der Waals surface area contributed by atoms with E-state index in [1.54, 1.807) is 0 Å². The first-order chi connectivity index (χ1) is 17.7. The molecule has 0 N–H and O–H groups in total. The van der Waals surface area contributed by atoms with Crippen molar-refractivity contribution < 1.29 is 0 Å². The second-order valence-electron chi connectivity index (χ2n) is 8.39. The second-order valence-corrected chi connectivity index (χ2v) is 8.39. The smallest absolute Gasteiger partial charge is 0.0998 e. The van der Waals surface area contributed by atoms with Gasteiger partial charge in [0.05, 0.1) is 34.9 Å². The van der Waals surface area contributed by atoms with Gasteiger partial charge in [0, 0.05) is 0 Å². The highest BCUT2D eigenvalue weighted by molar-refractivity contribution is 5.81. The van der Waals surface area contributed by atoms with Crippen LogP contribution in [0, 0.1) is 34.0 Å². The largest absolute Gasteiger partial charge is 0.192 e. The van der Waals surface area contributed by atoms with Gasteiger partial charge in [0.15, 0.2) is 0 Å². The van der Waals surface area contributed by atoms with Crippen molar-refractivity contribution in [2.24, 2.45) is 0 Å². The Balaban J connectivity index is 1.59. The van der Waals surface area contributed by atoms with Gasteiger partial charge in [-0.15, -0.1) is 0 Å². The number of nitrogens with zero attached hydrogens (tertiary/aromatic N) is 3. The number of hydrogen-bond acceptors (Lipinski definition) is 3. The summed E-state index contributed by atoms with van der Waals surface area (Å²) in [6.07, 6.45) is 0. The van der Waals surface area contributed by atoms with Crippen LogP contribution in [0.25, 0.3) is 44.5 Å². The highest BCUT2D eigenvalue weighted by Gasteiger charge is 2.12. The van der Waals surface area contributed by atoms with Crippen LogP contribution in [0.4, 0.5) is 0 Å². The zero-order chi connectivity index (χ0) is 24.9. The molecule has 36 heavy (non-hydrogen) atoms. The maximum Gasteiger partial charge on any atom is 0.0998 e. The summed E-state index contributed by atoms with van der Waals surface area (Å²) in [6, 6.07) is 43.7. The van der Waals surface area contributed by atoms with E-state index < -0.39 is 0 Å². The average molecular weight is 458 g/mol. The van der Waals surface area contributed by atoms with Crippen LogP contribution < -0.4 is 0 Å². The van der Waals surface area contributed by atoms with Crippen molar-refractivity contribution in [3.63, 3.8) is 0 Å². The molecule has 166 valence electrons. The molecule has 0 aliphatic carbocycles. The lowest BCUT2D eigenvalue weighted by atomic mass is 9.91. The Labute approximate surface area is 210 Å². The molecule has 0 heterocycles. The van der Waals surface area contributed by atoms with Crippen LogP contribution >= 0.6 is 0 Å². The van der Waals surface area contributed by atoms with Crippen LogP contribution in [0.5, 0.6) is 0 Å². The maximum atomic E-state index is 9.83. The maximum absolute atomic E-state index is 9.83. The zero-order valence-corrected chi connectivity index (χ0v) is 19.3. The molecular weight excluding hydrogens is 438 g/mol. The van der Waals surface area contributed by atoms with Gasteiger partial charge >= 0.3 is 0 Å². The van der Waals surface area contributed by atoms with Gasteiger partial charge in [-0.3, -0.25) is 0 Å². The quantitative estimate of drug-likeness (QED) is 0.275. The van der Waals surface area contributed by atoms with Crippen molar-refractivity contribution >= 4 is 0 Å². The van der Waals surface area contributed by atoms with Crippen LogP contribution in [0.1, 0.15) is 16.7 Å². The van der Waals surface area contributed by atoms with Gasteiger partial charge in [-0.25, -0.2) is 0 Å². The fourth-order valence-corrected chi connectivity index (χ4v) is 4.40. The van der Waals surface area contributed by atoms with E-state index >= 15 is 0 Å². The molecule has 0 saturated carbocycles. The number of rotatable bonds is 4. The molecule has 0 aliphatic rings. The minimum atomic E-state index is 0.513. The standard InChI is InChI=1S/C33H19N3/c34-20-23-15-28(26-11-13-32(30(17-26)21-35)24-7-3-1-4-8-24)19-29(16-23)27-12-14-33(31(18-27)22-36)25-9-5-2-6-10-25/h1-19H. The van der Waals surface area contributed by atoms with E-state index in [2.05, 4.69) is 18.2 Å². The lowest BCUT2D eigenvalue weighted by Crippen LogP contribution is -1.90. The lowest BCUT2D eigenvalue weighted by Gasteiger charge is -2.12. The van der Waals surface area contributed by atoms with Gasteiger partial charge in [0.2, 0.25) is 0 Å². The first kappa shape index (κ1) is 22.4. The van der Waals surface area contributed by atoms with E-state index in [9.17, 15) is 15.8 Å². The molecule has 0 amide bonds. The normalized spacial score (nSPS) is 10.1. The van der Waals surface area contributed by atoms with Crippen molar-refractivity contribution in [1.29, 1.82) is 15.8 Å². The fourth-order valence-electron chi connectivity index (χ4n) is 4.40. The SMILES string of the molecule is N#Cc1cc(-c2ccc(-c3ccccc3)c(C#N)c2)cc(-c2ccc(-c3ccccc3)c(C#N)c2)c1. The molecule has 0 atom stereocenters. The minimum Gasteiger partial charge on any atom is -0.192 e. The third kappa shape index (κ3) is 4.36. The Morgan fingerprint density at radius 3 is 1.19 bits per heavy atom. The third-order valence-electron chi connectivity index (χ3n) is 6.18. The van der Waals surface area contributed by atoms with E-state index in [4.69, 9.17) is 0 Å². The number of nitriles is 3. The van der Waals surface area contributed by atoms with Gasteiger partial charge in [-0.05, 0) is 74.8 Å². The molecular formula is C33H19N3. The Morgan fingerprint density at radius 1 is 0.361 bits per heavy atom. The minimum absolute atomic E-state index is 0.513. The highest BCUT2D eigenvalue weighted by Crippen LogP contribution is 2.34. The van der Waals surface area contributed by atoms with E-state index in [-0.39, 0.29) is 0 Å². The molecule has 3 nitrogen and oxygen atoms in total.